The quantitative estimate of drug-likeness (QED) is 0.576. The number of carbonyl (C=O) groups excluding carboxylic acids is 2. The van der Waals surface area contributed by atoms with E-state index in [9.17, 15) is 14.4 Å². The van der Waals surface area contributed by atoms with E-state index < -0.39 is 17.9 Å². The Hall–Kier alpha value is -1.24. The third-order valence-electron chi connectivity index (χ3n) is 2.12. The van der Waals surface area contributed by atoms with Crippen LogP contribution in [0.1, 0.15) is 26.2 Å². The maximum absolute atomic E-state index is 11.4. The standard InChI is InChI=1S/C11H20N2O4S/c1-8(7-10(15)16)6-9(14)13-11(17)12-4-3-5-18-2/h8H,3-7H2,1-2H3,(H,15,16)(H2,12,13,14,17). The van der Waals surface area contributed by atoms with Crippen LogP contribution in [0, 0.1) is 5.92 Å². The van der Waals surface area contributed by atoms with E-state index in [-0.39, 0.29) is 18.8 Å². The molecule has 1 atom stereocenters. The number of amides is 3. The van der Waals surface area contributed by atoms with Gasteiger partial charge in [0.2, 0.25) is 5.91 Å². The second-order valence-electron chi connectivity index (χ2n) is 4.06. The largest absolute Gasteiger partial charge is 0.481 e. The van der Waals surface area contributed by atoms with E-state index in [0.717, 1.165) is 12.2 Å². The number of rotatable bonds is 8. The van der Waals surface area contributed by atoms with Crippen molar-refractivity contribution in [2.75, 3.05) is 18.6 Å². The van der Waals surface area contributed by atoms with Gasteiger partial charge < -0.3 is 10.4 Å². The Morgan fingerprint density at radius 3 is 2.50 bits per heavy atom. The fourth-order valence-electron chi connectivity index (χ4n) is 1.33. The molecule has 3 amide bonds. The summed E-state index contributed by atoms with van der Waals surface area (Å²) in [5.74, 6) is -0.737. The third kappa shape index (κ3) is 9.95. The summed E-state index contributed by atoms with van der Waals surface area (Å²) in [4.78, 5) is 33.0. The maximum Gasteiger partial charge on any atom is 0.321 e. The van der Waals surface area contributed by atoms with Gasteiger partial charge in [-0.25, -0.2) is 4.79 Å². The summed E-state index contributed by atoms with van der Waals surface area (Å²) in [5.41, 5.74) is 0. The minimum Gasteiger partial charge on any atom is -0.481 e. The summed E-state index contributed by atoms with van der Waals surface area (Å²) in [6, 6.07) is -0.524. The molecule has 0 spiro atoms. The van der Waals surface area contributed by atoms with Crippen molar-refractivity contribution in [3.8, 4) is 0 Å². The number of thioether (sulfide) groups is 1. The molecule has 0 aliphatic heterocycles. The van der Waals surface area contributed by atoms with Gasteiger partial charge in [0.1, 0.15) is 0 Å². The first-order chi connectivity index (χ1) is 8.45. The molecule has 0 aliphatic carbocycles. The van der Waals surface area contributed by atoms with Crippen LogP contribution in [-0.2, 0) is 9.59 Å². The highest BCUT2D eigenvalue weighted by molar-refractivity contribution is 7.98. The van der Waals surface area contributed by atoms with Crippen LogP contribution >= 0.6 is 11.8 Å². The molecule has 0 aliphatic rings. The maximum atomic E-state index is 11.4. The normalized spacial score (nSPS) is 11.7. The van der Waals surface area contributed by atoms with Crippen molar-refractivity contribution in [1.29, 1.82) is 0 Å². The van der Waals surface area contributed by atoms with Gasteiger partial charge in [0.15, 0.2) is 0 Å². The second kappa shape index (κ2) is 9.76. The molecular weight excluding hydrogens is 256 g/mol. The molecule has 0 aromatic carbocycles. The average Bonchev–Trinajstić information content (AvgIpc) is 2.22. The predicted molar refractivity (Wildman–Crippen MR) is 70.6 cm³/mol. The summed E-state index contributed by atoms with van der Waals surface area (Å²) in [5, 5.41) is 13.3. The van der Waals surface area contributed by atoms with E-state index in [1.807, 2.05) is 6.26 Å². The summed E-state index contributed by atoms with van der Waals surface area (Å²) in [6.45, 7) is 2.18. The molecule has 1 unspecified atom stereocenters. The zero-order valence-corrected chi connectivity index (χ0v) is 11.5. The van der Waals surface area contributed by atoms with Gasteiger partial charge in [-0.05, 0) is 24.3 Å². The van der Waals surface area contributed by atoms with E-state index in [4.69, 9.17) is 5.11 Å². The highest BCUT2D eigenvalue weighted by Crippen LogP contribution is 2.06. The number of carboxylic acid groups (broad SMARTS) is 1. The molecule has 3 N–H and O–H groups in total. The molecule has 0 bridgehead atoms. The van der Waals surface area contributed by atoms with Gasteiger partial charge in [-0.3, -0.25) is 14.9 Å². The number of imide groups is 1. The molecule has 7 heteroatoms. The number of urea groups is 1. The Labute approximate surface area is 111 Å². The lowest BCUT2D eigenvalue weighted by atomic mass is 10.0. The number of nitrogens with one attached hydrogen (secondary N) is 2. The van der Waals surface area contributed by atoms with Crippen molar-refractivity contribution in [2.24, 2.45) is 5.92 Å². The molecular formula is C11H20N2O4S. The molecule has 0 heterocycles. The van der Waals surface area contributed by atoms with Gasteiger partial charge in [0, 0.05) is 19.4 Å². The number of hydrogen-bond donors (Lipinski definition) is 3. The third-order valence-corrected chi connectivity index (χ3v) is 2.82. The Morgan fingerprint density at radius 2 is 1.94 bits per heavy atom. The van der Waals surface area contributed by atoms with Crippen LogP contribution < -0.4 is 10.6 Å². The fraction of sp³-hybridized carbons (Fsp3) is 0.727. The van der Waals surface area contributed by atoms with E-state index in [2.05, 4.69) is 10.6 Å². The van der Waals surface area contributed by atoms with Crippen LogP contribution in [-0.4, -0.2) is 41.6 Å². The number of carbonyl (C=O) groups is 3. The summed E-state index contributed by atoms with van der Waals surface area (Å²) < 4.78 is 0. The highest BCUT2D eigenvalue weighted by atomic mass is 32.2. The Morgan fingerprint density at radius 1 is 1.28 bits per heavy atom. The highest BCUT2D eigenvalue weighted by Gasteiger charge is 2.14. The Balaban J connectivity index is 3.73. The minimum atomic E-state index is -0.947. The van der Waals surface area contributed by atoms with Gasteiger partial charge in [0.25, 0.3) is 0 Å². The SMILES string of the molecule is CSCCCNC(=O)NC(=O)CC(C)CC(=O)O. The topological polar surface area (TPSA) is 95.5 Å². The zero-order chi connectivity index (χ0) is 14.0. The van der Waals surface area contributed by atoms with E-state index in [1.165, 1.54) is 0 Å². The van der Waals surface area contributed by atoms with Crippen molar-refractivity contribution < 1.29 is 19.5 Å². The summed E-state index contributed by atoms with van der Waals surface area (Å²) >= 11 is 1.69. The number of aliphatic carboxylic acids is 1. The van der Waals surface area contributed by atoms with Crippen LogP contribution in [0.3, 0.4) is 0 Å². The smallest absolute Gasteiger partial charge is 0.321 e. The molecule has 0 saturated heterocycles. The molecule has 104 valence electrons. The van der Waals surface area contributed by atoms with Crippen molar-refractivity contribution in [2.45, 2.75) is 26.2 Å². The van der Waals surface area contributed by atoms with Crippen molar-refractivity contribution >= 4 is 29.7 Å². The van der Waals surface area contributed by atoms with Crippen LogP contribution in [0.2, 0.25) is 0 Å². The van der Waals surface area contributed by atoms with Crippen molar-refractivity contribution in [3.05, 3.63) is 0 Å². The molecule has 18 heavy (non-hydrogen) atoms. The van der Waals surface area contributed by atoms with Crippen molar-refractivity contribution in [3.63, 3.8) is 0 Å². The van der Waals surface area contributed by atoms with Crippen LogP contribution in [0.15, 0.2) is 0 Å². The van der Waals surface area contributed by atoms with Gasteiger partial charge in [-0.15, -0.1) is 0 Å². The van der Waals surface area contributed by atoms with Crippen LogP contribution in [0.25, 0.3) is 0 Å². The molecule has 0 fully saturated rings. The number of carboxylic acids is 1. The van der Waals surface area contributed by atoms with E-state index in [0.29, 0.717) is 6.54 Å². The molecule has 0 radical (unpaired) electrons. The lowest BCUT2D eigenvalue weighted by Gasteiger charge is -2.09. The average molecular weight is 276 g/mol. The molecule has 0 aromatic heterocycles. The molecule has 0 aromatic rings. The van der Waals surface area contributed by atoms with Crippen molar-refractivity contribution in [1.82, 2.24) is 10.6 Å². The van der Waals surface area contributed by atoms with Gasteiger partial charge in [-0.2, -0.15) is 11.8 Å². The fourth-order valence-corrected chi connectivity index (χ4v) is 1.76. The van der Waals surface area contributed by atoms with E-state index in [1.54, 1.807) is 18.7 Å². The number of hydrogen-bond acceptors (Lipinski definition) is 4. The first-order valence-corrected chi connectivity index (χ1v) is 7.13. The lowest BCUT2D eigenvalue weighted by molar-refractivity contribution is -0.138. The van der Waals surface area contributed by atoms with Gasteiger partial charge in [-0.1, -0.05) is 6.92 Å². The van der Waals surface area contributed by atoms with Crippen LogP contribution in [0.5, 0.6) is 0 Å². The zero-order valence-electron chi connectivity index (χ0n) is 10.7. The lowest BCUT2D eigenvalue weighted by Crippen LogP contribution is -2.40. The first-order valence-electron chi connectivity index (χ1n) is 5.74. The van der Waals surface area contributed by atoms with Crippen LogP contribution in [0.4, 0.5) is 4.79 Å². The van der Waals surface area contributed by atoms with Gasteiger partial charge >= 0.3 is 12.0 Å². The molecule has 6 nitrogen and oxygen atoms in total. The first kappa shape index (κ1) is 16.8. The van der Waals surface area contributed by atoms with Gasteiger partial charge in [0.05, 0.1) is 0 Å². The minimum absolute atomic E-state index is 0.0323. The molecule has 0 rings (SSSR count). The monoisotopic (exact) mass is 276 g/mol. The second-order valence-corrected chi connectivity index (χ2v) is 5.04. The summed E-state index contributed by atoms with van der Waals surface area (Å²) in [7, 11) is 0. The van der Waals surface area contributed by atoms with E-state index >= 15 is 0 Å². The Kier molecular flexibility index (Phi) is 9.08. The summed E-state index contributed by atoms with van der Waals surface area (Å²) in [6.07, 6.45) is 2.78. The Bertz CT molecular complexity index is 297. The molecule has 0 saturated carbocycles. The predicted octanol–water partition coefficient (Wildman–Crippen LogP) is 1.07.